The molecule has 3 rings (SSSR count). The molecule has 4 heteroatoms. The summed E-state index contributed by atoms with van der Waals surface area (Å²) >= 11 is 3.53. The van der Waals surface area contributed by atoms with Crippen molar-refractivity contribution in [2.45, 2.75) is 86.5 Å². The lowest BCUT2D eigenvalue weighted by Gasteiger charge is -2.33. The molecule has 0 spiro atoms. The molecule has 0 bridgehead atoms. The van der Waals surface area contributed by atoms with Crippen molar-refractivity contribution in [3.05, 3.63) is 78.4 Å². The fraction of sp³-hybridized carbons (Fsp3) is 0.588. The second kappa shape index (κ2) is 26.8. The van der Waals surface area contributed by atoms with Gasteiger partial charge in [0, 0.05) is 26.2 Å². The maximum Gasteiger partial charge on any atom is 0.0522 e. The highest BCUT2D eigenvalue weighted by Crippen LogP contribution is 2.34. The van der Waals surface area contributed by atoms with Gasteiger partial charge in [-0.3, -0.25) is 0 Å². The highest BCUT2D eigenvalue weighted by atomic mass is 32.1. The molecule has 0 amide bonds. The summed E-state index contributed by atoms with van der Waals surface area (Å²) < 4.78 is 0. The van der Waals surface area contributed by atoms with Crippen molar-refractivity contribution in [3.8, 4) is 0 Å². The molecule has 0 aromatic heterocycles. The van der Waals surface area contributed by atoms with E-state index in [1.807, 2.05) is 26.8 Å². The smallest absolute Gasteiger partial charge is 0.0522 e. The molecule has 1 saturated carbocycles. The van der Waals surface area contributed by atoms with E-state index in [1.165, 1.54) is 60.9 Å². The van der Waals surface area contributed by atoms with Gasteiger partial charge in [0.1, 0.15) is 0 Å². The Balaban J connectivity index is 0. The second-order valence-electron chi connectivity index (χ2n) is 9.50. The summed E-state index contributed by atoms with van der Waals surface area (Å²) in [5, 5.41) is 2.37. The maximum absolute atomic E-state index is 3.69. The van der Waals surface area contributed by atoms with E-state index in [0.717, 1.165) is 38.5 Å². The van der Waals surface area contributed by atoms with Gasteiger partial charge >= 0.3 is 0 Å². The Labute approximate surface area is 243 Å². The third-order valence-corrected chi connectivity index (χ3v) is 6.19. The standard InChI is InChI=1S/C17H27N3.C11H18.C3H6.C2H6.CH4S/c1-14-3-8-17(16(13-14)7-6-15-4-5-15)18-20-11-9-19(2)10-12-20;1-4-7-8-10-11(6-3)9-5-2;1-3-2;2*1-2/h3,8,13,15,18H,4-7,9-12H2,1-2H3;4-6,9H,1,7-8,10H2,2-3H3;3H,1H2,2H3;1-2H3;2H,1H3/b;9-5-,11-6+;;;. The Kier molecular flexibility index (Phi) is 27.1. The van der Waals surface area contributed by atoms with Crippen molar-refractivity contribution < 1.29 is 0 Å². The van der Waals surface area contributed by atoms with E-state index in [2.05, 4.69) is 105 Å². The number of thiol groups is 1. The first kappa shape index (κ1) is 38.4. The van der Waals surface area contributed by atoms with Gasteiger partial charge in [0.2, 0.25) is 0 Å². The van der Waals surface area contributed by atoms with E-state index in [-0.39, 0.29) is 0 Å². The highest BCUT2D eigenvalue weighted by molar-refractivity contribution is 7.79. The molecule has 1 aliphatic carbocycles. The van der Waals surface area contributed by atoms with Gasteiger partial charge in [0.15, 0.2) is 0 Å². The zero-order valence-corrected chi connectivity index (χ0v) is 27.1. The van der Waals surface area contributed by atoms with Gasteiger partial charge in [-0.05, 0) is 90.7 Å². The van der Waals surface area contributed by atoms with Crippen LogP contribution in [-0.4, -0.2) is 49.4 Å². The first-order valence-electron chi connectivity index (χ1n) is 14.7. The molecule has 1 N–H and O–H groups in total. The van der Waals surface area contributed by atoms with Gasteiger partial charge in [-0.25, -0.2) is 5.01 Å². The number of piperazine rings is 1. The molecule has 218 valence electrons. The number of hydrogen-bond acceptors (Lipinski definition) is 4. The number of hydrogen-bond donors (Lipinski definition) is 2. The first-order chi connectivity index (χ1) is 18.5. The molecule has 1 aromatic rings. The Morgan fingerprint density at radius 2 is 1.66 bits per heavy atom. The van der Waals surface area contributed by atoms with Crippen molar-refractivity contribution in [2.75, 3.05) is 44.9 Å². The lowest BCUT2D eigenvalue weighted by Crippen LogP contribution is -2.47. The van der Waals surface area contributed by atoms with Crippen LogP contribution in [0.5, 0.6) is 0 Å². The number of nitrogens with one attached hydrogen (secondary N) is 1. The Hall–Kier alpha value is -1.75. The lowest BCUT2D eigenvalue weighted by molar-refractivity contribution is 0.179. The van der Waals surface area contributed by atoms with E-state index in [4.69, 9.17) is 0 Å². The van der Waals surface area contributed by atoms with E-state index < -0.39 is 0 Å². The maximum atomic E-state index is 3.69. The normalized spacial score (nSPS) is 15.3. The predicted octanol–water partition coefficient (Wildman–Crippen LogP) is 9.54. The molecule has 1 saturated heterocycles. The first-order valence-corrected chi connectivity index (χ1v) is 15.6. The molecule has 0 atom stereocenters. The quantitative estimate of drug-likeness (QED) is 0.133. The number of rotatable bonds is 10. The summed E-state index contributed by atoms with van der Waals surface area (Å²) in [6.45, 7) is 23.8. The number of aryl methyl sites for hydroxylation is 2. The Morgan fingerprint density at radius 1 is 1.05 bits per heavy atom. The summed E-state index contributed by atoms with van der Waals surface area (Å²) in [7, 11) is 2.20. The van der Waals surface area contributed by atoms with E-state index >= 15 is 0 Å². The summed E-state index contributed by atoms with van der Waals surface area (Å²) in [4.78, 5) is 2.39. The number of anilines is 1. The third-order valence-electron chi connectivity index (χ3n) is 6.19. The van der Waals surface area contributed by atoms with Crippen LogP contribution in [0.2, 0.25) is 0 Å². The molecular formula is C34H61N3S. The van der Waals surface area contributed by atoms with Gasteiger partial charge in [0.05, 0.1) is 5.69 Å². The van der Waals surface area contributed by atoms with Crippen molar-refractivity contribution in [1.82, 2.24) is 9.91 Å². The van der Waals surface area contributed by atoms with Crippen LogP contribution in [0.1, 0.15) is 84.3 Å². The minimum Gasteiger partial charge on any atom is -0.319 e. The summed E-state index contributed by atoms with van der Waals surface area (Å²) in [6.07, 6.45) is 20.8. The topological polar surface area (TPSA) is 18.5 Å². The molecule has 0 radical (unpaired) electrons. The van der Waals surface area contributed by atoms with Crippen molar-refractivity contribution >= 4 is 18.3 Å². The molecule has 1 aromatic carbocycles. The second-order valence-corrected chi connectivity index (χ2v) is 9.50. The van der Waals surface area contributed by atoms with Crippen molar-refractivity contribution in [1.29, 1.82) is 0 Å². The van der Waals surface area contributed by atoms with Crippen LogP contribution in [0.3, 0.4) is 0 Å². The Bertz CT molecular complexity index is 757. The van der Waals surface area contributed by atoms with Gasteiger partial charge in [-0.15, -0.1) is 13.2 Å². The molecule has 2 fully saturated rings. The van der Waals surface area contributed by atoms with Crippen molar-refractivity contribution in [3.63, 3.8) is 0 Å². The molecule has 1 aliphatic heterocycles. The molecule has 0 unspecified atom stereocenters. The van der Waals surface area contributed by atoms with Gasteiger partial charge in [-0.2, -0.15) is 12.6 Å². The SMILES string of the molecule is C=CC.C=CCCCC(/C=C\C)=C/C.CC.CS.Cc1ccc(NN2CCN(C)CC2)c(CCC2CC2)c1. The predicted molar refractivity (Wildman–Crippen MR) is 180 cm³/mol. The number of unbranched alkanes of at least 4 members (excludes halogenated alkanes) is 1. The van der Waals surface area contributed by atoms with Crippen LogP contribution in [-0.2, 0) is 6.42 Å². The monoisotopic (exact) mass is 543 g/mol. The number of allylic oxidation sites excluding steroid dienone is 6. The van der Waals surface area contributed by atoms with Gasteiger partial charge in [0.25, 0.3) is 0 Å². The molecule has 1 heterocycles. The molecule has 2 aliphatic rings. The van der Waals surface area contributed by atoms with Crippen LogP contribution in [0.25, 0.3) is 0 Å². The minimum absolute atomic E-state index is 1.01. The summed E-state index contributed by atoms with van der Waals surface area (Å²) in [5.41, 5.74) is 9.26. The number of hydrazine groups is 1. The molecular weight excluding hydrogens is 482 g/mol. The summed E-state index contributed by atoms with van der Waals surface area (Å²) in [6, 6.07) is 6.84. The van der Waals surface area contributed by atoms with Crippen LogP contribution >= 0.6 is 12.6 Å². The van der Waals surface area contributed by atoms with Gasteiger partial charge in [-0.1, -0.05) is 80.3 Å². The van der Waals surface area contributed by atoms with E-state index in [0.29, 0.717) is 0 Å². The van der Waals surface area contributed by atoms with Crippen molar-refractivity contribution in [2.24, 2.45) is 5.92 Å². The lowest BCUT2D eigenvalue weighted by atomic mass is 10.0. The third kappa shape index (κ3) is 20.2. The van der Waals surface area contributed by atoms with E-state index in [1.54, 1.807) is 12.3 Å². The zero-order valence-electron chi connectivity index (χ0n) is 26.2. The molecule has 3 nitrogen and oxygen atoms in total. The fourth-order valence-corrected chi connectivity index (χ4v) is 3.88. The average molecular weight is 544 g/mol. The largest absolute Gasteiger partial charge is 0.319 e. The zero-order chi connectivity index (χ0) is 29.2. The van der Waals surface area contributed by atoms with E-state index in [9.17, 15) is 0 Å². The van der Waals surface area contributed by atoms with Crippen LogP contribution in [0, 0.1) is 12.8 Å². The van der Waals surface area contributed by atoms with Crippen LogP contribution < -0.4 is 5.43 Å². The fourth-order valence-electron chi connectivity index (χ4n) is 3.88. The van der Waals surface area contributed by atoms with Crippen LogP contribution in [0.4, 0.5) is 5.69 Å². The number of nitrogens with zero attached hydrogens (tertiary/aromatic N) is 2. The molecule has 38 heavy (non-hydrogen) atoms. The Morgan fingerprint density at radius 3 is 2.16 bits per heavy atom. The van der Waals surface area contributed by atoms with Crippen LogP contribution in [0.15, 0.2) is 67.3 Å². The number of likely N-dealkylation sites (N-methyl/N-ethyl adjacent to an activating group) is 1. The average Bonchev–Trinajstić information content (AvgIpc) is 3.77. The van der Waals surface area contributed by atoms with Gasteiger partial charge < -0.3 is 10.3 Å². The number of benzene rings is 1. The highest BCUT2D eigenvalue weighted by Gasteiger charge is 2.21. The minimum atomic E-state index is 1.01. The summed E-state index contributed by atoms with van der Waals surface area (Å²) in [5.74, 6) is 1.01.